The lowest BCUT2D eigenvalue weighted by molar-refractivity contribution is 0.504. The average Bonchev–Trinajstić information content (AvgIpc) is 2.92. The van der Waals surface area contributed by atoms with Crippen LogP contribution in [0.2, 0.25) is 5.02 Å². The Kier molecular flexibility index (Phi) is 3.11. The van der Waals surface area contributed by atoms with E-state index in [2.05, 4.69) is 4.98 Å². The second kappa shape index (κ2) is 4.63. The summed E-state index contributed by atoms with van der Waals surface area (Å²) in [5, 5.41) is 0.0866. The summed E-state index contributed by atoms with van der Waals surface area (Å²) in [5.74, 6) is 2.93. The molecule has 2 heterocycles. The number of aromatic nitrogens is 2. The van der Waals surface area contributed by atoms with Crippen LogP contribution in [0.25, 0.3) is 11.0 Å². The number of imidazole rings is 1. The highest BCUT2D eigenvalue weighted by Gasteiger charge is 2.19. The van der Waals surface area contributed by atoms with Gasteiger partial charge in [0.2, 0.25) is 5.95 Å². The highest BCUT2D eigenvalue weighted by molar-refractivity contribution is 7.99. The van der Waals surface area contributed by atoms with Crippen molar-refractivity contribution in [3.05, 3.63) is 23.0 Å². The SMILES string of the molecule is Nc1nc2cc(Cl)c(F)cc2n1CC1CCSC1. The predicted molar refractivity (Wildman–Crippen MR) is 74.5 cm³/mol. The van der Waals surface area contributed by atoms with Crippen LogP contribution in [0.1, 0.15) is 6.42 Å². The largest absolute Gasteiger partial charge is 0.369 e. The standard InChI is InChI=1S/C12H13ClFN3S/c13-8-3-10-11(4-9(8)14)17(12(15)16-10)5-7-1-2-18-6-7/h3-4,7H,1-2,5-6H2,(H2,15,16). The molecule has 0 radical (unpaired) electrons. The van der Waals surface area contributed by atoms with Crippen LogP contribution in [0.3, 0.4) is 0 Å². The molecule has 0 aliphatic carbocycles. The van der Waals surface area contributed by atoms with Gasteiger partial charge in [-0.05, 0) is 29.9 Å². The molecule has 18 heavy (non-hydrogen) atoms. The summed E-state index contributed by atoms with van der Waals surface area (Å²) in [4.78, 5) is 4.24. The van der Waals surface area contributed by atoms with Crippen LogP contribution in [0.4, 0.5) is 10.3 Å². The van der Waals surface area contributed by atoms with Gasteiger partial charge in [-0.2, -0.15) is 11.8 Å². The molecule has 2 N–H and O–H groups in total. The molecule has 1 aromatic carbocycles. The molecule has 6 heteroatoms. The van der Waals surface area contributed by atoms with E-state index in [1.807, 2.05) is 16.3 Å². The van der Waals surface area contributed by atoms with Crippen LogP contribution in [0, 0.1) is 11.7 Å². The maximum Gasteiger partial charge on any atom is 0.201 e. The molecule has 1 unspecified atom stereocenters. The van der Waals surface area contributed by atoms with Gasteiger partial charge in [-0.1, -0.05) is 11.6 Å². The summed E-state index contributed by atoms with van der Waals surface area (Å²) in [6.07, 6.45) is 1.18. The van der Waals surface area contributed by atoms with E-state index in [-0.39, 0.29) is 5.02 Å². The Morgan fingerprint density at radius 2 is 2.39 bits per heavy atom. The first kappa shape index (κ1) is 12.1. The highest BCUT2D eigenvalue weighted by atomic mass is 35.5. The molecule has 0 amide bonds. The lowest BCUT2D eigenvalue weighted by Crippen LogP contribution is -2.12. The fraction of sp³-hybridized carbons (Fsp3) is 0.417. The Morgan fingerprint density at radius 3 is 3.11 bits per heavy atom. The zero-order chi connectivity index (χ0) is 12.7. The molecule has 0 saturated carbocycles. The lowest BCUT2D eigenvalue weighted by Gasteiger charge is -2.11. The molecule has 3 rings (SSSR count). The van der Waals surface area contributed by atoms with Crippen LogP contribution >= 0.6 is 23.4 Å². The van der Waals surface area contributed by atoms with Gasteiger partial charge in [-0.15, -0.1) is 0 Å². The number of nitrogens with two attached hydrogens (primary N) is 1. The molecule has 0 spiro atoms. The molecule has 96 valence electrons. The van der Waals surface area contributed by atoms with Crippen molar-refractivity contribution in [1.82, 2.24) is 9.55 Å². The average molecular weight is 286 g/mol. The number of nitrogen functional groups attached to an aromatic ring is 1. The molecular weight excluding hydrogens is 273 g/mol. The first-order chi connectivity index (χ1) is 8.65. The van der Waals surface area contributed by atoms with Crippen molar-refractivity contribution in [3.8, 4) is 0 Å². The number of halogens is 2. The number of rotatable bonds is 2. The van der Waals surface area contributed by atoms with E-state index in [0.29, 0.717) is 17.4 Å². The number of thioether (sulfide) groups is 1. The minimum atomic E-state index is -0.425. The van der Waals surface area contributed by atoms with Gasteiger partial charge in [0.05, 0.1) is 16.1 Å². The quantitative estimate of drug-likeness (QED) is 0.922. The molecule has 2 aromatic rings. The minimum Gasteiger partial charge on any atom is -0.369 e. The Morgan fingerprint density at radius 1 is 1.56 bits per heavy atom. The van der Waals surface area contributed by atoms with Crippen LogP contribution in [0.5, 0.6) is 0 Å². The summed E-state index contributed by atoms with van der Waals surface area (Å²) in [6.45, 7) is 0.802. The van der Waals surface area contributed by atoms with Crippen molar-refractivity contribution < 1.29 is 4.39 Å². The van der Waals surface area contributed by atoms with E-state index in [1.165, 1.54) is 24.3 Å². The number of anilines is 1. The summed E-state index contributed by atoms with van der Waals surface area (Å²) in [6, 6.07) is 2.95. The zero-order valence-electron chi connectivity index (χ0n) is 9.70. The summed E-state index contributed by atoms with van der Waals surface area (Å²) >= 11 is 7.70. The van der Waals surface area contributed by atoms with Crippen LogP contribution in [0.15, 0.2) is 12.1 Å². The zero-order valence-corrected chi connectivity index (χ0v) is 11.3. The van der Waals surface area contributed by atoms with Gasteiger partial charge < -0.3 is 10.3 Å². The van der Waals surface area contributed by atoms with Gasteiger partial charge in [-0.25, -0.2) is 9.37 Å². The van der Waals surface area contributed by atoms with E-state index in [1.54, 1.807) is 0 Å². The number of nitrogens with zero attached hydrogens (tertiary/aromatic N) is 2. The van der Waals surface area contributed by atoms with E-state index in [9.17, 15) is 4.39 Å². The van der Waals surface area contributed by atoms with Crippen LogP contribution < -0.4 is 5.73 Å². The van der Waals surface area contributed by atoms with Gasteiger partial charge in [0.1, 0.15) is 5.82 Å². The second-order valence-corrected chi connectivity index (χ2v) is 6.12. The maximum atomic E-state index is 13.5. The van der Waals surface area contributed by atoms with Crippen molar-refractivity contribution >= 4 is 40.3 Å². The van der Waals surface area contributed by atoms with E-state index >= 15 is 0 Å². The molecule has 0 bridgehead atoms. The smallest absolute Gasteiger partial charge is 0.201 e. The van der Waals surface area contributed by atoms with E-state index in [4.69, 9.17) is 17.3 Å². The molecule has 3 nitrogen and oxygen atoms in total. The first-order valence-corrected chi connectivity index (χ1v) is 7.37. The van der Waals surface area contributed by atoms with Gasteiger partial charge in [-0.3, -0.25) is 0 Å². The van der Waals surface area contributed by atoms with Gasteiger partial charge in [0.25, 0.3) is 0 Å². The highest BCUT2D eigenvalue weighted by Crippen LogP contribution is 2.29. The van der Waals surface area contributed by atoms with Crippen molar-refractivity contribution in [2.75, 3.05) is 17.2 Å². The summed E-state index contributed by atoms with van der Waals surface area (Å²) < 4.78 is 15.4. The Bertz CT molecular complexity index is 593. The fourth-order valence-corrected chi connectivity index (χ4v) is 3.75. The lowest BCUT2D eigenvalue weighted by atomic mass is 10.1. The number of hydrogen-bond acceptors (Lipinski definition) is 3. The van der Waals surface area contributed by atoms with Gasteiger partial charge in [0, 0.05) is 12.6 Å². The summed E-state index contributed by atoms with van der Waals surface area (Å²) in [7, 11) is 0. The fourth-order valence-electron chi connectivity index (χ4n) is 2.32. The molecule has 1 atom stereocenters. The molecule has 1 aliphatic rings. The molecule has 1 aromatic heterocycles. The molecule has 1 saturated heterocycles. The van der Waals surface area contributed by atoms with Crippen molar-refractivity contribution in [2.45, 2.75) is 13.0 Å². The van der Waals surface area contributed by atoms with Gasteiger partial charge >= 0.3 is 0 Å². The van der Waals surface area contributed by atoms with E-state index in [0.717, 1.165) is 17.8 Å². The van der Waals surface area contributed by atoms with Crippen LogP contribution in [-0.2, 0) is 6.54 Å². The summed E-state index contributed by atoms with van der Waals surface area (Å²) in [5.41, 5.74) is 7.30. The van der Waals surface area contributed by atoms with Crippen LogP contribution in [-0.4, -0.2) is 21.1 Å². The molecule has 1 fully saturated rings. The minimum absolute atomic E-state index is 0.0866. The Balaban J connectivity index is 2.04. The normalized spacial score (nSPS) is 19.8. The second-order valence-electron chi connectivity index (χ2n) is 4.57. The van der Waals surface area contributed by atoms with E-state index < -0.39 is 5.82 Å². The number of hydrogen-bond donors (Lipinski definition) is 1. The predicted octanol–water partition coefficient (Wildman–Crippen LogP) is 3.16. The van der Waals surface area contributed by atoms with Crippen molar-refractivity contribution in [1.29, 1.82) is 0 Å². The van der Waals surface area contributed by atoms with Gasteiger partial charge in [0.15, 0.2) is 0 Å². The third kappa shape index (κ3) is 2.06. The molecular formula is C12H13ClFN3S. The Labute approximate surface area is 114 Å². The maximum absolute atomic E-state index is 13.5. The van der Waals surface area contributed by atoms with Crippen molar-refractivity contribution in [3.63, 3.8) is 0 Å². The third-order valence-corrected chi connectivity index (χ3v) is 4.81. The monoisotopic (exact) mass is 285 g/mol. The topological polar surface area (TPSA) is 43.8 Å². The van der Waals surface area contributed by atoms with Crippen molar-refractivity contribution in [2.24, 2.45) is 5.92 Å². The Hall–Kier alpha value is -0.940. The number of fused-ring (bicyclic) bond motifs is 1. The third-order valence-electron chi connectivity index (χ3n) is 3.28. The first-order valence-electron chi connectivity index (χ1n) is 5.83. The molecule has 1 aliphatic heterocycles. The number of benzene rings is 1.